The van der Waals surface area contributed by atoms with Crippen molar-refractivity contribution in [3.63, 3.8) is 0 Å². The van der Waals surface area contributed by atoms with Gasteiger partial charge in [0.05, 0.1) is 16.6 Å². The lowest BCUT2D eigenvalue weighted by Crippen LogP contribution is -2.16. The summed E-state index contributed by atoms with van der Waals surface area (Å²) in [5.41, 5.74) is -1.44. The Morgan fingerprint density at radius 3 is 2.55 bits per heavy atom. The first-order chi connectivity index (χ1) is 9.48. The van der Waals surface area contributed by atoms with Gasteiger partial charge in [0, 0.05) is 6.20 Å². The highest BCUT2D eigenvalue weighted by Crippen LogP contribution is 2.36. The van der Waals surface area contributed by atoms with Crippen LogP contribution in [-0.4, -0.2) is 10.2 Å². The maximum absolute atomic E-state index is 13.1. The van der Waals surface area contributed by atoms with E-state index in [-0.39, 0.29) is 16.7 Å². The predicted molar refractivity (Wildman–Crippen MR) is 65.1 cm³/mol. The molecule has 0 spiro atoms. The minimum Gasteiger partial charge on any atom is -0.450 e. The lowest BCUT2D eigenvalue weighted by Gasteiger charge is -2.11. The maximum atomic E-state index is 13.1. The Labute approximate surface area is 109 Å². The quantitative estimate of drug-likeness (QED) is 0.744. The van der Waals surface area contributed by atoms with E-state index in [9.17, 15) is 18.0 Å². The molecular formula is C13H7F3N2O2. The van der Waals surface area contributed by atoms with E-state index in [1.165, 1.54) is 30.5 Å². The number of rotatable bonds is 1. The number of alkyl halides is 3. The summed E-state index contributed by atoms with van der Waals surface area (Å²) in [5, 5.41) is 6.02. The van der Waals surface area contributed by atoms with Gasteiger partial charge >= 0.3 is 6.18 Å². The number of nitrogens with one attached hydrogen (secondary N) is 1. The van der Waals surface area contributed by atoms with E-state index >= 15 is 0 Å². The van der Waals surface area contributed by atoms with Crippen LogP contribution in [0.2, 0.25) is 0 Å². The number of nitrogens with zero attached hydrogens (tertiary/aromatic N) is 1. The second-order valence-electron chi connectivity index (χ2n) is 4.10. The van der Waals surface area contributed by atoms with Crippen molar-refractivity contribution < 1.29 is 17.6 Å². The molecule has 2 aromatic heterocycles. The van der Waals surface area contributed by atoms with Crippen LogP contribution < -0.4 is 5.43 Å². The van der Waals surface area contributed by atoms with Crippen LogP contribution in [0.5, 0.6) is 0 Å². The second kappa shape index (κ2) is 4.22. The Morgan fingerprint density at radius 1 is 1.15 bits per heavy atom. The van der Waals surface area contributed by atoms with Gasteiger partial charge in [0.15, 0.2) is 0 Å². The van der Waals surface area contributed by atoms with Crippen molar-refractivity contribution in [3.05, 3.63) is 52.5 Å². The molecule has 7 heteroatoms. The Kier molecular flexibility index (Phi) is 2.63. The van der Waals surface area contributed by atoms with E-state index in [4.69, 9.17) is 4.42 Å². The average molecular weight is 280 g/mol. The highest BCUT2D eigenvalue weighted by Gasteiger charge is 2.39. The van der Waals surface area contributed by atoms with Crippen molar-refractivity contribution in [2.45, 2.75) is 6.18 Å². The maximum Gasteiger partial charge on any atom is 0.450 e. The lowest BCUT2D eigenvalue weighted by atomic mass is 10.1. The van der Waals surface area contributed by atoms with Gasteiger partial charge in [-0.05, 0) is 18.2 Å². The third-order valence-corrected chi connectivity index (χ3v) is 2.83. The molecule has 1 aromatic carbocycles. The number of para-hydroxylation sites is 1. The van der Waals surface area contributed by atoms with E-state index in [0.29, 0.717) is 0 Å². The molecule has 3 aromatic rings. The molecule has 0 atom stereocenters. The molecule has 20 heavy (non-hydrogen) atoms. The van der Waals surface area contributed by atoms with Gasteiger partial charge < -0.3 is 4.42 Å². The van der Waals surface area contributed by atoms with Crippen molar-refractivity contribution in [2.75, 3.05) is 0 Å². The number of benzene rings is 1. The normalized spacial score (nSPS) is 11.9. The molecule has 3 rings (SSSR count). The van der Waals surface area contributed by atoms with E-state index < -0.39 is 22.9 Å². The molecule has 0 aliphatic carbocycles. The van der Waals surface area contributed by atoms with Crippen molar-refractivity contribution in [3.8, 4) is 11.3 Å². The third-order valence-electron chi connectivity index (χ3n) is 2.83. The predicted octanol–water partition coefficient (Wildman–Crippen LogP) is 3.20. The van der Waals surface area contributed by atoms with Gasteiger partial charge in [-0.15, -0.1) is 0 Å². The van der Waals surface area contributed by atoms with Crippen molar-refractivity contribution >= 4 is 11.0 Å². The summed E-state index contributed by atoms with van der Waals surface area (Å²) in [7, 11) is 0. The number of hydrogen-bond donors (Lipinski definition) is 1. The molecule has 0 radical (unpaired) electrons. The van der Waals surface area contributed by atoms with Crippen molar-refractivity contribution in [1.82, 2.24) is 10.2 Å². The van der Waals surface area contributed by atoms with Gasteiger partial charge in [-0.3, -0.25) is 9.89 Å². The summed E-state index contributed by atoms with van der Waals surface area (Å²) in [5.74, 6) is -1.33. The molecule has 0 aliphatic heterocycles. The summed E-state index contributed by atoms with van der Waals surface area (Å²) in [6.07, 6.45) is -3.51. The zero-order valence-corrected chi connectivity index (χ0v) is 9.86. The smallest absolute Gasteiger partial charge is 0.450 e. The van der Waals surface area contributed by atoms with E-state index in [1.807, 2.05) is 0 Å². The molecule has 0 unspecified atom stereocenters. The van der Waals surface area contributed by atoms with Crippen LogP contribution in [0.15, 0.2) is 45.7 Å². The Morgan fingerprint density at radius 2 is 1.90 bits per heavy atom. The second-order valence-corrected chi connectivity index (χ2v) is 4.10. The average Bonchev–Trinajstić information content (AvgIpc) is 2.91. The number of aromatic nitrogens is 2. The first-order valence-corrected chi connectivity index (χ1v) is 5.61. The number of aromatic amines is 1. The zero-order chi connectivity index (χ0) is 14.3. The largest absolute Gasteiger partial charge is 0.450 e. The number of fused-ring (bicyclic) bond motifs is 1. The summed E-state index contributed by atoms with van der Waals surface area (Å²) in [6.45, 7) is 0. The monoisotopic (exact) mass is 280 g/mol. The molecule has 0 fully saturated rings. The molecule has 0 bridgehead atoms. The van der Waals surface area contributed by atoms with Gasteiger partial charge in [0.2, 0.25) is 11.2 Å². The van der Waals surface area contributed by atoms with Gasteiger partial charge in [-0.2, -0.15) is 18.3 Å². The fraction of sp³-hybridized carbons (Fsp3) is 0.0769. The SMILES string of the molecule is O=c1c(-c2ccn[nH]2)c(C(F)(F)F)oc2ccccc12. The summed E-state index contributed by atoms with van der Waals surface area (Å²) in [6, 6.07) is 7.09. The molecule has 4 nitrogen and oxygen atoms in total. The van der Waals surface area contributed by atoms with Crippen LogP contribution in [0.3, 0.4) is 0 Å². The summed E-state index contributed by atoms with van der Waals surface area (Å²) >= 11 is 0. The van der Waals surface area contributed by atoms with Crippen LogP contribution in [-0.2, 0) is 6.18 Å². The van der Waals surface area contributed by atoms with Gasteiger partial charge in [0.25, 0.3) is 0 Å². The minimum atomic E-state index is -4.77. The molecular weight excluding hydrogens is 273 g/mol. The van der Waals surface area contributed by atoms with Crippen LogP contribution >= 0.6 is 0 Å². The molecule has 0 aliphatic rings. The lowest BCUT2D eigenvalue weighted by molar-refractivity contribution is -0.152. The Bertz CT molecular complexity index is 820. The first kappa shape index (κ1) is 12.5. The Balaban J connectivity index is 2.47. The third kappa shape index (κ3) is 1.87. The van der Waals surface area contributed by atoms with Crippen LogP contribution in [0, 0.1) is 0 Å². The summed E-state index contributed by atoms with van der Waals surface area (Å²) < 4.78 is 44.1. The van der Waals surface area contributed by atoms with E-state index in [1.54, 1.807) is 6.07 Å². The zero-order valence-electron chi connectivity index (χ0n) is 9.86. The highest BCUT2D eigenvalue weighted by atomic mass is 19.4. The molecule has 0 amide bonds. The first-order valence-electron chi connectivity index (χ1n) is 5.61. The molecule has 0 saturated heterocycles. The number of H-pyrrole nitrogens is 1. The van der Waals surface area contributed by atoms with Gasteiger partial charge in [-0.25, -0.2) is 0 Å². The highest BCUT2D eigenvalue weighted by molar-refractivity contribution is 5.82. The van der Waals surface area contributed by atoms with E-state index in [0.717, 1.165) is 0 Å². The summed E-state index contributed by atoms with van der Waals surface area (Å²) in [4.78, 5) is 12.3. The van der Waals surface area contributed by atoms with Gasteiger partial charge in [0.1, 0.15) is 5.58 Å². The molecule has 102 valence electrons. The number of hydrogen-bond acceptors (Lipinski definition) is 3. The number of halogens is 3. The topological polar surface area (TPSA) is 58.9 Å². The molecule has 1 N–H and O–H groups in total. The van der Waals surface area contributed by atoms with Crippen molar-refractivity contribution in [2.24, 2.45) is 0 Å². The standard InChI is InChI=1S/C13H7F3N2O2/c14-13(15,16)12-10(8-5-6-17-18-8)11(19)7-3-1-2-4-9(7)20-12/h1-6H,(H,17,18). The minimum absolute atomic E-state index is 0.0307. The fourth-order valence-electron chi connectivity index (χ4n) is 1.98. The van der Waals surface area contributed by atoms with Crippen LogP contribution in [0.1, 0.15) is 5.76 Å². The molecule has 2 heterocycles. The molecule has 0 saturated carbocycles. The van der Waals surface area contributed by atoms with Gasteiger partial charge in [-0.1, -0.05) is 12.1 Å². The van der Waals surface area contributed by atoms with E-state index in [2.05, 4.69) is 10.2 Å². The fourth-order valence-corrected chi connectivity index (χ4v) is 1.98. The van der Waals surface area contributed by atoms with Crippen molar-refractivity contribution in [1.29, 1.82) is 0 Å². The van der Waals surface area contributed by atoms with Crippen LogP contribution in [0.4, 0.5) is 13.2 Å². The Hall–Kier alpha value is -2.57. The van der Waals surface area contributed by atoms with Crippen LogP contribution in [0.25, 0.3) is 22.2 Å².